The van der Waals surface area contributed by atoms with E-state index >= 15 is 0 Å². The summed E-state index contributed by atoms with van der Waals surface area (Å²) in [6.07, 6.45) is 7.78. The number of hydrogen-bond acceptors (Lipinski definition) is 2. The van der Waals surface area contributed by atoms with E-state index in [1.54, 1.807) is 0 Å². The largest absolute Gasteiger partial charge is 0.381 e. The van der Waals surface area contributed by atoms with Gasteiger partial charge in [0.15, 0.2) is 0 Å². The Morgan fingerprint density at radius 2 is 1.76 bits per heavy atom. The highest BCUT2D eigenvalue weighted by molar-refractivity contribution is 4.83. The summed E-state index contributed by atoms with van der Waals surface area (Å²) in [5.74, 6) is 0.895. The van der Waals surface area contributed by atoms with Crippen LogP contribution in [-0.4, -0.2) is 26.3 Å². The lowest BCUT2D eigenvalue weighted by molar-refractivity contribution is 0.0443. The van der Waals surface area contributed by atoms with Gasteiger partial charge in [0.2, 0.25) is 0 Å². The van der Waals surface area contributed by atoms with Crippen molar-refractivity contribution < 1.29 is 4.74 Å². The second-order valence-electron chi connectivity index (χ2n) is 5.64. The van der Waals surface area contributed by atoms with Gasteiger partial charge in [0, 0.05) is 19.8 Å². The molecule has 0 aromatic carbocycles. The van der Waals surface area contributed by atoms with Crippen LogP contribution in [0.1, 0.15) is 59.3 Å². The molecule has 0 bridgehead atoms. The van der Waals surface area contributed by atoms with Crippen molar-refractivity contribution in [2.24, 2.45) is 11.3 Å². The molecule has 1 saturated heterocycles. The Bertz CT molecular complexity index is 183. The Labute approximate surface area is 108 Å². The predicted octanol–water partition coefficient (Wildman–Crippen LogP) is 3.61. The summed E-state index contributed by atoms with van der Waals surface area (Å²) < 4.78 is 5.46. The summed E-state index contributed by atoms with van der Waals surface area (Å²) in [6.45, 7) is 11.3. The molecule has 2 heteroatoms. The lowest BCUT2D eigenvalue weighted by Crippen LogP contribution is -2.36. The maximum absolute atomic E-state index is 5.46. The fraction of sp³-hybridized carbons (Fsp3) is 1.00. The molecule has 0 radical (unpaired) electrons. The fourth-order valence-electron chi connectivity index (χ4n) is 2.95. The van der Waals surface area contributed by atoms with Crippen molar-refractivity contribution in [3.63, 3.8) is 0 Å². The van der Waals surface area contributed by atoms with Crippen LogP contribution >= 0.6 is 0 Å². The van der Waals surface area contributed by atoms with E-state index < -0.39 is 0 Å². The van der Waals surface area contributed by atoms with Crippen LogP contribution in [-0.2, 0) is 4.74 Å². The third-order valence-corrected chi connectivity index (χ3v) is 4.49. The molecule has 2 nitrogen and oxygen atoms in total. The van der Waals surface area contributed by atoms with Crippen LogP contribution in [0.15, 0.2) is 0 Å². The van der Waals surface area contributed by atoms with Crippen molar-refractivity contribution in [1.29, 1.82) is 0 Å². The molecule has 0 spiro atoms. The molecule has 1 aliphatic heterocycles. The Hall–Kier alpha value is -0.0800. The van der Waals surface area contributed by atoms with Crippen molar-refractivity contribution in [3.05, 3.63) is 0 Å². The molecule has 1 N–H and O–H groups in total. The van der Waals surface area contributed by atoms with E-state index in [-0.39, 0.29) is 0 Å². The average molecular weight is 241 g/mol. The molecule has 0 amide bonds. The monoisotopic (exact) mass is 241 g/mol. The lowest BCUT2D eigenvalue weighted by Gasteiger charge is -2.37. The number of ether oxygens (including phenoxy) is 1. The molecule has 1 rings (SSSR count). The Morgan fingerprint density at radius 3 is 2.29 bits per heavy atom. The molecule has 1 fully saturated rings. The van der Waals surface area contributed by atoms with Crippen molar-refractivity contribution in [3.8, 4) is 0 Å². The van der Waals surface area contributed by atoms with Crippen LogP contribution < -0.4 is 5.32 Å². The average Bonchev–Trinajstić information content (AvgIpc) is 2.39. The third-order valence-electron chi connectivity index (χ3n) is 4.49. The van der Waals surface area contributed by atoms with E-state index in [4.69, 9.17) is 4.74 Å². The molecule has 0 unspecified atom stereocenters. The van der Waals surface area contributed by atoms with Gasteiger partial charge in [-0.2, -0.15) is 0 Å². The maximum Gasteiger partial charge on any atom is 0.0468 e. The summed E-state index contributed by atoms with van der Waals surface area (Å²) in [7, 11) is 0. The first-order valence-corrected chi connectivity index (χ1v) is 7.54. The van der Waals surface area contributed by atoms with E-state index in [1.165, 1.54) is 45.1 Å². The van der Waals surface area contributed by atoms with Crippen molar-refractivity contribution >= 4 is 0 Å². The van der Waals surface area contributed by atoms with Crippen molar-refractivity contribution in [1.82, 2.24) is 5.32 Å². The minimum absolute atomic E-state index is 0.525. The predicted molar refractivity (Wildman–Crippen MR) is 74.3 cm³/mol. The summed E-state index contributed by atoms with van der Waals surface area (Å²) >= 11 is 0. The van der Waals surface area contributed by atoms with E-state index in [0.29, 0.717) is 5.41 Å². The maximum atomic E-state index is 5.46. The van der Waals surface area contributed by atoms with Gasteiger partial charge in [-0.3, -0.25) is 0 Å². The minimum atomic E-state index is 0.525. The van der Waals surface area contributed by atoms with E-state index in [2.05, 4.69) is 26.1 Å². The highest BCUT2D eigenvalue weighted by atomic mass is 16.5. The van der Waals surface area contributed by atoms with Crippen LogP contribution in [0.3, 0.4) is 0 Å². The van der Waals surface area contributed by atoms with Crippen molar-refractivity contribution in [2.75, 3.05) is 26.3 Å². The van der Waals surface area contributed by atoms with Gasteiger partial charge in [0.05, 0.1) is 0 Å². The normalized spacial score (nSPS) is 18.5. The molecule has 1 aliphatic rings. The highest BCUT2D eigenvalue weighted by Crippen LogP contribution is 2.36. The molecule has 0 aromatic rings. The molecule has 0 saturated carbocycles. The summed E-state index contributed by atoms with van der Waals surface area (Å²) in [6, 6.07) is 0. The van der Waals surface area contributed by atoms with Gasteiger partial charge in [-0.1, -0.05) is 20.8 Å². The van der Waals surface area contributed by atoms with Crippen LogP contribution in [0.2, 0.25) is 0 Å². The van der Waals surface area contributed by atoms with Crippen LogP contribution in [0.25, 0.3) is 0 Å². The number of nitrogens with one attached hydrogen (secondary N) is 1. The smallest absolute Gasteiger partial charge is 0.0468 e. The zero-order chi connectivity index (χ0) is 12.6. The first kappa shape index (κ1) is 15.0. The second kappa shape index (κ2) is 8.10. The summed E-state index contributed by atoms with van der Waals surface area (Å²) in [5, 5.41) is 3.64. The zero-order valence-corrected chi connectivity index (χ0v) is 12.1. The van der Waals surface area contributed by atoms with Crippen LogP contribution in [0.4, 0.5) is 0 Å². The summed E-state index contributed by atoms with van der Waals surface area (Å²) in [5.41, 5.74) is 0.525. The molecule has 102 valence electrons. The molecular weight excluding hydrogens is 210 g/mol. The van der Waals surface area contributed by atoms with E-state index in [1.807, 2.05) is 0 Å². The second-order valence-corrected chi connectivity index (χ2v) is 5.64. The molecule has 0 atom stereocenters. The number of rotatable bonds is 8. The van der Waals surface area contributed by atoms with Crippen LogP contribution in [0.5, 0.6) is 0 Å². The minimum Gasteiger partial charge on any atom is -0.381 e. The van der Waals surface area contributed by atoms with Gasteiger partial charge in [0.1, 0.15) is 0 Å². The van der Waals surface area contributed by atoms with Crippen molar-refractivity contribution in [2.45, 2.75) is 59.3 Å². The SMILES string of the molecule is CCCNCC(CC)(CC)CC1CCOCC1. The highest BCUT2D eigenvalue weighted by Gasteiger charge is 2.30. The molecule has 0 aromatic heterocycles. The molecule has 17 heavy (non-hydrogen) atoms. The van der Waals surface area contributed by atoms with Gasteiger partial charge >= 0.3 is 0 Å². The van der Waals surface area contributed by atoms with Gasteiger partial charge in [-0.05, 0) is 56.4 Å². The Kier molecular flexibility index (Phi) is 7.14. The quantitative estimate of drug-likeness (QED) is 0.656. The first-order valence-electron chi connectivity index (χ1n) is 7.54. The fourth-order valence-corrected chi connectivity index (χ4v) is 2.95. The third kappa shape index (κ3) is 4.97. The Balaban J connectivity index is 2.43. The van der Waals surface area contributed by atoms with E-state index in [0.717, 1.165) is 25.7 Å². The van der Waals surface area contributed by atoms with Gasteiger partial charge < -0.3 is 10.1 Å². The van der Waals surface area contributed by atoms with Gasteiger partial charge in [-0.25, -0.2) is 0 Å². The lowest BCUT2D eigenvalue weighted by atomic mass is 9.73. The molecule has 1 heterocycles. The van der Waals surface area contributed by atoms with Gasteiger partial charge in [0.25, 0.3) is 0 Å². The zero-order valence-electron chi connectivity index (χ0n) is 12.1. The van der Waals surface area contributed by atoms with Gasteiger partial charge in [-0.15, -0.1) is 0 Å². The summed E-state index contributed by atoms with van der Waals surface area (Å²) in [4.78, 5) is 0. The first-order chi connectivity index (χ1) is 8.26. The Morgan fingerprint density at radius 1 is 1.12 bits per heavy atom. The van der Waals surface area contributed by atoms with E-state index in [9.17, 15) is 0 Å². The number of hydrogen-bond donors (Lipinski definition) is 1. The standard InChI is InChI=1S/C15H31NO/c1-4-9-16-13-15(5-2,6-3)12-14-7-10-17-11-8-14/h14,16H,4-13H2,1-3H3. The van der Waals surface area contributed by atoms with Crippen LogP contribution in [0, 0.1) is 11.3 Å². The molecule has 0 aliphatic carbocycles. The molecular formula is C15H31NO. The topological polar surface area (TPSA) is 21.3 Å².